The quantitative estimate of drug-likeness (QED) is 0.529. The zero-order valence-electron chi connectivity index (χ0n) is 14.8. The Morgan fingerprint density at radius 3 is 2.07 bits per heavy atom. The van der Waals surface area contributed by atoms with Gasteiger partial charge in [0, 0.05) is 13.0 Å². The van der Waals surface area contributed by atoms with Gasteiger partial charge in [0.05, 0.1) is 21.1 Å². The second-order valence-electron chi connectivity index (χ2n) is 6.37. The van der Waals surface area contributed by atoms with Crippen LogP contribution in [0.3, 0.4) is 0 Å². The Morgan fingerprint density at radius 2 is 1.44 bits per heavy atom. The van der Waals surface area contributed by atoms with E-state index in [9.17, 15) is 4.79 Å². The van der Waals surface area contributed by atoms with Gasteiger partial charge in [-0.05, 0) is 23.3 Å². The molecule has 1 amide bonds. The fraction of sp³-hybridized carbons (Fsp3) is 0.130. The van der Waals surface area contributed by atoms with Crippen LogP contribution in [0.5, 0.6) is 0 Å². The van der Waals surface area contributed by atoms with Crippen LogP contribution in [0.15, 0.2) is 84.9 Å². The molecule has 134 valence electrons. The van der Waals surface area contributed by atoms with Crippen LogP contribution in [0.2, 0.25) is 0 Å². The van der Waals surface area contributed by atoms with Crippen molar-refractivity contribution in [3.63, 3.8) is 0 Å². The molecule has 0 spiro atoms. The lowest BCUT2D eigenvalue weighted by Gasteiger charge is -2.17. The molecule has 1 aromatic heterocycles. The largest absolute Gasteiger partial charge is 0.355 e. The van der Waals surface area contributed by atoms with Gasteiger partial charge in [-0.3, -0.25) is 4.79 Å². The molecule has 0 radical (unpaired) electrons. The Bertz CT molecular complexity index is 955. The van der Waals surface area contributed by atoms with Gasteiger partial charge in [-0.1, -0.05) is 72.8 Å². The van der Waals surface area contributed by atoms with Gasteiger partial charge in [0.2, 0.25) is 5.91 Å². The number of benzene rings is 3. The number of hydrogen-bond acceptors (Lipinski definition) is 3. The molecule has 1 N–H and O–H groups in total. The van der Waals surface area contributed by atoms with E-state index < -0.39 is 0 Å². The Balaban J connectivity index is 1.47. The summed E-state index contributed by atoms with van der Waals surface area (Å²) in [5.74, 6) is -0.281. The molecule has 4 aromatic rings. The Labute approximate surface area is 162 Å². The highest BCUT2D eigenvalue weighted by molar-refractivity contribution is 7.18. The maximum absolute atomic E-state index is 13.0. The molecule has 0 aliphatic rings. The van der Waals surface area contributed by atoms with Crippen LogP contribution in [0.25, 0.3) is 10.2 Å². The number of thiazole rings is 1. The second kappa shape index (κ2) is 8.14. The number of aromatic nitrogens is 1. The fourth-order valence-corrected chi connectivity index (χ4v) is 4.17. The van der Waals surface area contributed by atoms with Crippen molar-refractivity contribution in [3.8, 4) is 0 Å². The molecule has 3 aromatic carbocycles. The third-order valence-electron chi connectivity index (χ3n) is 4.50. The first-order valence-electron chi connectivity index (χ1n) is 9.03. The SMILES string of the molecule is O=C(NCCc1nc2ccccc2s1)C(c1ccccc1)c1ccccc1. The van der Waals surface area contributed by atoms with Crippen molar-refractivity contribution in [2.24, 2.45) is 0 Å². The van der Waals surface area contributed by atoms with Crippen LogP contribution in [-0.2, 0) is 11.2 Å². The maximum Gasteiger partial charge on any atom is 0.232 e. The molecule has 0 aliphatic carbocycles. The summed E-state index contributed by atoms with van der Waals surface area (Å²) in [5, 5.41) is 4.15. The first-order chi connectivity index (χ1) is 13.3. The molecule has 0 saturated carbocycles. The normalized spacial score (nSPS) is 11.0. The maximum atomic E-state index is 13.0. The van der Waals surface area contributed by atoms with Crippen LogP contribution in [-0.4, -0.2) is 17.4 Å². The van der Waals surface area contributed by atoms with Crippen molar-refractivity contribution in [2.75, 3.05) is 6.54 Å². The van der Waals surface area contributed by atoms with Gasteiger partial charge < -0.3 is 5.32 Å². The third-order valence-corrected chi connectivity index (χ3v) is 5.60. The van der Waals surface area contributed by atoms with E-state index in [0.717, 1.165) is 28.1 Å². The summed E-state index contributed by atoms with van der Waals surface area (Å²) < 4.78 is 1.19. The van der Waals surface area contributed by atoms with Crippen LogP contribution < -0.4 is 5.32 Å². The molecule has 1 heterocycles. The summed E-state index contributed by atoms with van der Waals surface area (Å²) in [4.78, 5) is 17.6. The molecule has 0 aliphatic heterocycles. The summed E-state index contributed by atoms with van der Waals surface area (Å²) in [5.41, 5.74) is 3.03. The number of carbonyl (C=O) groups excluding carboxylic acids is 1. The summed E-state index contributed by atoms with van der Waals surface area (Å²) in [7, 11) is 0. The lowest BCUT2D eigenvalue weighted by Crippen LogP contribution is -2.31. The third kappa shape index (κ3) is 4.07. The predicted octanol–water partition coefficient (Wildman–Crippen LogP) is 4.79. The highest BCUT2D eigenvalue weighted by Gasteiger charge is 2.22. The highest BCUT2D eigenvalue weighted by Crippen LogP contribution is 2.25. The molecule has 0 atom stereocenters. The van der Waals surface area contributed by atoms with Gasteiger partial charge in [0.1, 0.15) is 0 Å². The summed E-state index contributed by atoms with van der Waals surface area (Å²) in [6, 6.07) is 28.0. The van der Waals surface area contributed by atoms with Crippen molar-refractivity contribution in [1.29, 1.82) is 0 Å². The molecule has 0 saturated heterocycles. The van der Waals surface area contributed by atoms with Crippen molar-refractivity contribution in [2.45, 2.75) is 12.3 Å². The molecule has 4 rings (SSSR count). The smallest absolute Gasteiger partial charge is 0.232 e. The van der Waals surface area contributed by atoms with Crippen molar-refractivity contribution >= 4 is 27.5 Å². The predicted molar refractivity (Wildman–Crippen MR) is 111 cm³/mol. The molecule has 0 fully saturated rings. The fourth-order valence-electron chi connectivity index (χ4n) is 3.21. The number of para-hydroxylation sites is 1. The lowest BCUT2D eigenvalue weighted by atomic mass is 9.90. The average Bonchev–Trinajstić information content (AvgIpc) is 3.13. The van der Waals surface area contributed by atoms with Gasteiger partial charge in [0.15, 0.2) is 0 Å². The first-order valence-corrected chi connectivity index (χ1v) is 9.85. The monoisotopic (exact) mass is 372 g/mol. The number of nitrogens with one attached hydrogen (secondary N) is 1. The number of amides is 1. The van der Waals surface area contributed by atoms with Gasteiger partial charge in [0.25, 0.3) is 0 Å². The van der Waals surface area contributed by atoms with E-state index >= 15 is 0 Å². The number of nitrogens with zero attached hydrogens (tertiary/aromatic N) is 1. The molecular formula is C23H20N2OS. The van der Waals surface area contributed by atoms with Crippen LogP contribution in [0, 0.1) is 0 Å². The minimum atomic E-state index is -0.303. The van der Waals surface area contributed by atoms with Gasteiger partial charge in [-0.15, -0.1) is 11.3 Å². The Hall–Kier alpha value is -2.98. The standard InChI is InChI=1S/C23H20N2OS/c26-23(24-16-15-21-25-19-13-7-8-14-20(19)27-21)22(17-9-3-1-4-10-17)18-11-5-2-6-12-18/h1-14,22H,15-16H2,(H,24,26). The van der Waals surface area contributed by atoms with Crippen LogP contribution >= 0.6 is 11.3 Å². The summed E-state index contributed by atoms with van der Waals surface area (Å²) >= 11 is 1.69. The first kappa shape index (κ1) is 17.4. The summed E-state index contributed by atoms with van der Waals surface area (Å²) in [6.07, 6.45) is 0.737. The highest BCUT2D eigenvalue weighted by atomic mass is 32.1. The summed E-state index contributed by atoms with van der Waals surface area (Å²) in [6.45, 7) is 0.578. The van der Waals surface area contributed by atoms with E-state index in [4.69, 9.17) is 0 Å². The molecule has 3 nitrogen and oxygen atoms in total. The van der Waals surface area contributed by atoms with Gasteiger partial charge in [-0.2, -0.15) is 0 Å². The lowest BCUT2D eigenvalue weighted by molar-refractivity contribution is -0.121. The van der Waals surface area contributed by atoms with Crippen molar-refractivity contribution in [1.82, 2.24) is 10.3 Å². The van der Waals surface area contributed by atoms with Crippen molar-refractivity contribution in [3.05, 3.63) is 101 Å². The zero-order chi connectivity index (χ0) is 18.5. The van der Waals surface area contributed by atoms with Crippen LogP contribution in [0.4, 0.5) is 0 Å². The van der Waals surface area contributed by atoms with Crippen molar-refractivity contribution < 1.29 is 4.79 Å². The topological polar surface area (TPSA) is 42.0 Å². The van der Waals surface area contributed by atoms with E-state index in [2.05, 4.69) is 16.4 Å². The molecule has 0 bridgehead atoms. The average molecular weight is 372 g/mol. The number of rotatable bonds is 6. The van der Waals surface area contributed by atoms with E-state index in [1.807, 2.05) is 78.9 Å². The zero-order valence-corrected chi connectivity index (χ0v) is 15.7. The minimum Gasteiger partial charge on any atom is -0.355 e. The van der Waals surface area contributed by atoms with E-state index in [-0.39, 0.29) is 11.8 Å². The van der Waals surface area contributed by atoms with E-state index in [1.165, 1.54) is 4.70 Å². The molecule has 27 heavy (non-hydrogen) atoms. The van der Waals surface area contributed by atoms with E-state index in [0.29, 0.717) is 6.54 Å². The number of carbonyl (C=O) groups is 1. The Kier molecular flexibility index (Phi) is 5.26. The van der Waals surface area contributed by atoms with E-state index in [1.54, 1.807) is 11.3 Å². The molecule has 4 heteroatoms. The number of hydrogen-bond donors (Lipinski definition) is 1. The minimum absolute atomic E-state index is 0.0218. The van der Waals surface area contributed by atoms with Crippen LogP contribution in [0.1, 0.15) is 22.1 Å². The molecular weight excluding hydrogens is 352 g/mol. The molecule has 0 unspecified atom stereocenters. The van der Waals surface area contributed by atoms with Gasteiger partial charge >= 0.3 is 0 Å². The van der Waals surface area contributed by atoms with Gasteiger partial charge in [-0.25, -0.2) is 4.98 Å². The Morgan fingerprint density at radius 1 is 0.852 bits per heavy atom. The number of fused-ring (bicyclic) bond motifs is 1. The second-order valence-corrected chi connectivity index (χ2v) is 7.49.